The molecule has 0 spiro atoms. The minimum atomic E-state index is 0.491. The van der Waals surface area contributed by atoms with Crippen molar-refractivity contribution in [1.29, 1.82) is 0 Å². The number of benzene rings is 1. The Balaban J connectivity index is 2.14. The van der Waals surface area contributed by atoms with Gasteiger partial charge in [-0.25, -0.2) is 0 Å². The maximum absolute atomic E-state index is 2.40. The van der Waals surface area contributed by atoms with Gasteiger partial charge in [-0.2, -0.15) is 0 Å². The van der Waals surface area contributed by atoms with Gasteiger partial charge in [0, 0.05) is 31.1 Å². The van der Waals surface area contributed by atoms with Crippen molar-refractivity contribution in [2.45, 2.75) is 25.9 Å². The molecule has 0 amide bonds. The van der Waals surface area contributed by atoms with Crippen molar-refractivity contribution < 1.29 is 0 Å². The van der Waals surface area contributed by atoms with E-state index < -0.39 is 0 Å². The van der Waals surface area contributed by atoms with Crippen LogP contribution < -0.4 is 4.90 Å². The van der Waals surface area contributed by atoms with E-state index in [-0.39, 0.29) is 0 Å². The first-order valence-corrected chi connectivity index (χ1v) is 5.97. The van der Waals surface area contributed by atoms with Crippen LogP contribution in [0.15, 0.2) is 36.7 Å². The average molecular weight is 214 g/mol. The first-order chi connectivity index (χ1) is 7.70. The van der Waals surface area contributed by atoms with Gasteiger partial charge < -0.3 is 9.80 Å². The highest BCUT2D eigenvalue weighted by atomic mass is 15.4. The summed E-state index contributed by atoms with van der Waals surface area (Å²) in [6.45, 7) is 4.69. The fraction of sp³-hybridized carbons (Fsp3) is 0.429. The van der Waals surface area contributed by atoms with Crippen molar-refractivity contribution >= 4 is 5.69 Å². The van der Waals surface area contributed by atoms with E-state index in [1.54, 1.807) is 0 Å². The van der Waals surface area contributed by atoms with Gasteiger partial charge in [0.15, 0.2) is 0 Å². The van der Waals surface area contributed by atoms with Gasteiger partial charge in [0.2, 0.25) is 0 Å². The predicted octanol–water partition coefficient (Wildman–Crippen LogP) is 2.99. The zero-order valence-corrected chi connectivity index (χ0v) is 10.1. The van der Waals surface area contributed by atoms with Crippen molar-refractivity contribution in [2.24, 2.45) is 5.92 Å². The Morgan fingerprint density at radius 3 is 2.62 bits per heavy atom. The molecule has 2 nitrogen and oxygen atoms in total. The first kappa shape index (κ1) is 9.76. The number of hydrogen-bond acceptors (Lipinski definition) is 2. The molecule has 0 N–H and O–H groups in total. The Labute approximate surface area is 97.2 Å². The van der Waals surface area contributed by atoms with Crippen LogP contribution in [-0.4, -0.2) is 18.1 Å². The number of anilines is 1. The Kier molecular flexibility index (Phi) is 2.00. The third-order valence-electron chi connectivity index (χ3n) is 4.13. The van der Waals surface area contributed by atoms with Gasteiger partial charge in [0.25, 0.3) is 0 Å². The van der Waals surface area contributed by atoms with Gasteiger partial charge in [-0.05, 0) is 17.5 Å². The van der Waals surface area contributed by atoms with Gasteiger partial charge in [0.1, 0.15) is 6.17 Å². The SMILES string of the molecule is CC1c2ccccc2N2C=CN(C)[C@H]2[C@H]1C. The topological polar surface area (TPSA) is 6.48 Å². The highest BCUT2D eigenvalue weighted by molar-refractivity contribution is 5.61. The van der Waals surface area contributed by atoms with E-state index in [0.29, 0.717) is 18.0 Å². The van der Waals surface area contributed by atoms with Gasteiger partial charge in [-0.1, -0.05) is 32.0 Å². The molecule has 0 aliphatic carbocycles. The average Bonchev–Trinajstić information content (AvgIpc) is 2.69. The van der Waals surface area contributed by atoms with Crippen LogP contribution >= 0.6 is 0 Å². The molecule has 16 heavy (non-hydrogen) atoms. The predicted molar refractivity (Wildman–Crippen MR) is 67.2 cm³/mol. The molecule has 0 fully saturated rings. The van der Waals surface area contributed by atoms with Crippen LogP contribution in [0.5, 0.6) is 0 Å². The minimum Gasteiger partial charge on any atom is -0.359 e. The van der Waals surface area contributed by atoms with Crippen LogP contribution in [-0.2, 0) is 0 Å². The summed E-state index contributed by atoms with van der Waals surface area (Å²) in [6.07, 6.45) is 4.87. The van der Waals surface area contributed by atoms with Crippen LogP contribution in [0.1, 0.15) is 25.3 Å². The molecular weight excluding hydrogens is 196 g/mol. The van der Waals surface area contributed by atoms with Gasteiger partial charge in [0.05, 0.1) is 0 Å². The second kappa shape index (κ2) is 3.27. The van der Waals surface area contributed by atoms with Crippen molar-refractivity contribution in [1.82, 2.24) is 4.90 Å². The van der Waals surface area contributed by atoms with Crippen LogP contribution in [0.4, 0.5) is 5.69 Å². The quantitative estimate of drug-likeness (QED) is 0.655. The van der Waals surface area contributed by atoms with Crippen LogP contribution in [0.2, 0.25) is 0 Å². The second-order valence-electron chi connectivity index (χ2n) is 4.99. The van der Waals surface area contributed by atoms with E-state index in [1.807, 2.05) is 0 Å². The number of fused-ring (bicyclic) bond motifs is 3. The van der Waals surface area contributed by atoms with Crippen LogP contribution in [0, 0.1) is 5.92 Å². The first-order valence-electron chi connectivity index (χ1n) is 5.97. The second-order valence-corrected chi connectivity index (χ2v) is 4.99. The van der Waals surface area contributed by atoms with E-state index in [4.69, 9.17) is 0 Å². The smallest absolute Gasteiger partial charge is 0.108 e. The number of para-hydroxylation sites is 1. The molecule has 2 aliphatic heterocycles. The summed E-state index contributed by atoms with van der Waals surface area (Å²) in [5.41, 5.74) is 2.85. The highest BCUT2D eigenvalue weighted by Gasteiger charge is 2.39. The molecule has 3 atom stereocenters. The molecule has 2 heteroatoms. The van der Waals surface area contributed by atoms with Gasteiger partial charge in [-0.15, -0.1) is 0 Å². The Bertz CT molecular complexity index is 438. The maximum Gasteiger partial charge on any atom is 0.108 e. The third kappa shape index (κ3) is 1.13. The monoisotopic (exact) mass is 214 g/mol. The van der Waals surface area contributed by atoms with Gasteiger partial charge >= 0.3 is 0 Å². The lowest BCUT2D eigenvalue weighted by Crippen LogP contribution is -2.46. The van der Waals surface area contributed by atoms with E-state index >= 15 is 0 Å². The number of rotatable bonds is 0. The van der Waals surface area contributed by atoms with Crippen molar-refractivity contribution in [3.63, 3.8) is 0 Å². The summed E-state index contributed by atoms with van der Waals surface area (Å²) in [6, 6.07) is 8.77. The van der Waals surface area contributed by atoms with Crippen LogP contribution in [0.3, 0.4) is 0 Å². The summed E-state index contributed by atoms with van der Waals surface area (Å²) in [5.74, 6) is 1.27. The minimum absolute atomic E-state index is 0.491. The summed E-state index contributed by atoms with van der Waals surface area (Å²) < 4.78 is 0. The molecule has 1 aromatic rings. The summed E-state index contributed by atoms with van der Waals surface area (Å²) in [5, 5.41) is 0. The molecule has 84 valence electrons. The third-order valence-corrected chi connectivity index (χ3v) is 4.13. The maximum atomic E-state index is 2.40. The lowest BCUT2D eigenvalue weighted by molar-refractivity contribution is 0.234. The number of hydrogen-bond donors (Lipinski definition) is 0. The van der Waals surface area contributed by atoms with Crippen molar-refractivity contribution in [3.05, 3.63) is 42.2 Å². The summed E-state index contributed by atoms with van der Waals surface area (Å²) >= 11 is 0. The fourth-order valence-electron chi connectivity index (χ4n) is 3.05. The Morgan fingerprint density at radius 2 is 1.81 bits per heavy atom. The van der Waals surface area contributed by atoms with E-state index in [2.05, 4.69) is 67.4 Å². The van der Waals surface area contributed by atoms with Crippen LogP contribution in [0.25, 0.3) is 0 Å². The summed E-state index contributed by atoms with van der Waals surface area (Å²) in [4.78, 5) is 4.72. The van der Waals surface area contributed by atoms with Crippen molar-refractivity contribution in [3.8, 4) is 0 Å². The number of nitrogens with zero attached hydrogens (tertiary/aromatic N) is 2. The lowest BCUT2D eigenvalue weighted by Gasteiger charge is -2.43. The lowest BCUT2D eigenvalue weighted by atomic mass is 9.81. The summed E-state index contributed by atoms with van der Waals surface area (Å²) in [7, 11) is 2.16. The Morgan fingerprint density at radius 1 is 1.06 bits per heavy atom. The molecule has 3 rings (SSSR count). The Hall–Kier alpha value is -1.44. The van der Waals surface area contributed by atoms with Crippen molar-refractivity contribution in [2.75, 3.05) is 11.9 Å². The molecule has 0 saturated heterocycles. The standard InChI is InChI=1S/C14H18N2/c1-10-11(2)14-15(3)8-9-16(14)13-7-5-4-6-12(10)13/h4-11,14H,1-3H3/t10?,11-,14+/m0/s1. The largest absolute Gasteiger partial charge is 0.359 e. The molecule has 0 aromatic heterocycles. The molecule has 2 heterocycles. The molecule has 2 aliphatic rings. The van der Waals surface area contributed by atoms with E-state index in [1.165, 1.54) is 11.3 Å². The molecule has 1 aromatic carbocycles. The normalized spacial score (nSPS) is 31.6. The molecule has 1 unspecified atom stereocenters. The molecule has 0 saturated carbocycles. The zero-order chi connectivity index (χ0) is 11.3. The van der Waals surface area contributed by atoms with E-state index in [0.717, 1.165) is 0 Å². The molecule has 0 bridgehead atoms. The zero-order valence-electron chi connectivity index (χ0n) is 10.1. The molecular formula is C14H18N2. The molecule has 0 radical (unpaired) electrons. The van der Waals surface area contributed by atoms with E-state index in [9.17, 15) is 0 Å². The highest BCUT2D eigenvalue weighted by Crippen LogP contribution is 2.44. The fourth-order valence-corrected chi connectivity index (χ4v) is 3.05. The van der Waals surface area contributed by atoms with Gasteiger partial charge in [-0.3, -0.25) is 0 Å².